The Bertz CT molecular complexity index is 516. The first-order valence-electron chi connectivity index (χ1n) is 6.55. The van der Waals surface area contributed by atoms with E-state index in [1.165, 1.54) is 12.1 Å². The Kier molecular flexibility index (Phi) is 9.22. The van der Waals surface area contributed by atoms with E-state index in [2.05, 4.69) is 15.0 Å². The molecule has 0 atom stereocenters. The third-order valence-electron chi connectivity index (χ3n) is 2.51. The number of hydrogen-bond acceptors (Lipinski definition) is 2. The van der Waals surface area contributed by atoms with Crippen molar-refractivity contribution in [1.82, 2.24) is 0 Å². The molecule has 3 N–H and O–H groups in total. The number of hydrogen-bond donors (Lipinski definition) is 2. The van der Waals surface area contributed by atoms with Gasteiger partial charge in [-0.2, -0.15) is 13.2 Å². The fourth-order valence-corrected chi connectivity index (χ4v) is 1.56. The number of anilines is 1. The molecule has 1 aromatic carbocycles. The molecule has 0 spiro atoms. The van der Waals surface area contributed by atoms with Gasteiger partial charge < -0.3 is 15.8 Å². The summed E-state index contributed by atoms with van der Waals surface area (Å²) < 4.78 is 75.4. The van der Waals surface area contributed by atoms with Crippen LogP contribution in [0.4, 0.5) is 32.0 Å². The average molecular weight is 471 g/mol. The van der Waals surface area contributed by atoms with E-state index in [9.17, 15) is 26.3 Å². The Hall–Kier alpha value is -1.40. The molecule has 0 aliphatic carbocycles. The fraction of sp³-hybridized carbons (Fsp3) is 0.462. The van der Waals surface area contributed by atoms with Crippen molar-refractivity contribution in [2.75, 3.05) is 11.9 Å². The second kappa shape index (κ2) is 9.79. The SMILES string of the molecule is I.NC(=NCCCCC(F)(F)F)Nc1ccc(OC(F)(F)F)cc1. The predicted molar refractivity (Wildman–Crippen MR) is 88.6 cm³/mol. The highest BCUT2D eigenvalue weighted by molar-refractivity contribution is 14.0. The molecule has 0 amide bonds. The minimum absolute atomic E-state index is 0. The van der Waals surface area contributed by atoms with Crippen molar-refractivity contribution in [3.8, 4) is 5.75 Å². The van der Waals surface area contributed by atoms with Crippen molar-refractivity contribution < 1.29 is 31.1 Å². The number of nitrogens with zero attached hydrogens (tertiary/aromatic N) is 1. The lowest BCUT2D eigenvalue weighted by Crippen LogP contribution is -2.23. The monoisotopic (exact) mass is 471 g/mol. The van der Waals surface area contributed by atoms with Crippen LogP contribution in [0.5, 0.6) is 5.75 Å². The minimum Gasteiger partial charge on any atom is -0.406 e. The van der Waals surface area contributed by atoms with Crippen LogP contribution >= 0.6 is 24.0 Å². The molecule has 0 aliphatic rings. The smallest absolute Gasteiger partial charge is 0.406 e. The van der Waals surface area contributed by atoms with Crippen molar-refractivity contribution >= 4 is 35.6 Å². The standard InChI is InChI=1S/C13H15F6N3O.HI/c14-12(15,16)7-1-2-8-21-11(20)22-9-3-5-10(6-4-9)23-13(17,18)19;/h3-6H,1-2,7-8H2,(H3,20,21,22);1H. The number of ether oxygens (including phenoxy) is 1. The van der Waals surface area contributed by atoms with Crippen LogP contribution in [0.3, 0.4) is 0 Å². The minimum atomic E-state index is -4.77. The van der Waals surface area contributed by atoms with Crippen LogP contribution in [-0.2, 0) is 0 Å². The molecule has 1 aromatic rings. The van der Waals surface area contributed by atoms with E-state index in [-0.39, 0.29) is 55.1 Å². The largest absolute Gasteiger partial charge is 0.573 e. The predicted octanol–water partition coefficient (Wildman–Crippen LogP) is 4.66. The number of alkyl halides is 6. The van der Waals surface area contributed by atoms with Crippen LogP contribution in [0.1, 0.15) is 19.3 Å². The van der Waals surface area contributed by atoms with Crippen molar-refractivity contribution in [3.05, 3.63) is 24.3 Å². The first kappa shape index (κ1) is 22.6. The summed E-state index contributed by atoms with van der Waals surface area (Å²) in [6.45, 7) is 0.115. The molecule has 0 heterocycles. The first-order chi connectivity index (χ1) is 10.6. The maximum absolute atomic E-state index is 12.0. The van der Waals surface area contributed by atoms with Crippen molar-refractivity contribution in [1.29, 1.82) is 0 Å². The lowest BCUT2D eigenvalue weighted by atomic mass is 10.2. The van der Waals surface area contributed by atoms with Crippen LogP contribution in [-0.4, -0.2) is 25.0 Å². The average Bonchev–Trinajstić information content (AvgIpc) is 2.37. The van der Waals surface area contributed by atoms with Gasteiger partial charge in [-0.15, -0.1) is 37.1 Å². The molecule has 0 fully saturated rings. The van der Waals surface area contributed by atoms with E-state index in [1.807, 2.05) is 0 Å². The van der Waals surface area contributed by atoms with Crippen LogP contribution in [0.2, 0.25) is 0 Å². The second-order valence-electron chi connectivity index (χ2n) is 4.54. The molecular formula is C13H16F6IN3O. The van der Waals surface area contributed by atoms with Gasteiger partial charge >= 0.3 is 12.5 Å². The molecule has 0 saturated heterocycles. The number of benzene rings is 1. The van der Waals surface area contributed by atoms with Gasteiger partial charge in [0.25, 0.3) is 0 Å². The molecule has 1 rings (SSSR count). The summed E-state index contributed by atoms with van der Waals surface area (Å²) >= 11 is 0. The molecule has 11 heteroatoms. The highest BCUT2D eigenvalue weighted by Gasteiger charge is 2.31. The number of halogens is 7. The van der Waals surface area contributed by atoms with E-state index >= 15 is 0 Å². The van der Waals surface area contributed by atoms with Crippen molar-refractivity contribution in [2.45, 2.75) is 31.8 Å². The summed E-state index contributed by atoms with van der Waals surface area (Å²) in [5, 5.41) is 2.61. The quantitative estimate of drug-likeness (QED) is 0.209. The molecule has 0 radical (unpaired) electrons. The lowest BCUT2D eigenvalue weighted by molar-refractivity contribution is -0.274. The summed E-state index contributed by atoms with van der Waals surface area (Å²) in [6.07, 6.45) is -9.67. The van der Waals surface area contributed by atoms with E-state index < -0.39 is 19.0 Å². The van der Waals surface area contributed by atoms with Gasteiger partial charge in [-0.1, -0.05) is 0 Å². The molecule has 0 aliphatic heterocycles. The zero-order valence-corrected chi connectivity index (χ0v) is 14.6. The molecule has 24 heavy (non-hydrogen) atoms. The second-order valence-corrected chi connectivity index (χ2v) is 4.54. The molecule has 0 bridgehead atoms. The Labute approximate surface area is 151 Å². The van der Waals surface area contributed by atoms with Crippen LogP contribution in [0.15, 0.2) is 29.3 Å². The van der Waals surface area contributed by atoms with Gasteiger partial charge in [-0.25, -0.2) is 0 Å². The molecular weight excluding hydrogens is 455 g/mol. The summed E-state index contributed by atoms with van der Waals surface area (Å²) in [4.78, 5) is 3.83. The van der Waals surface area contributed by atoms with E-state index in [1.54, 1.807) is 0 Å². The highest BCUT2D eigenvalue weighted by Crippen LogP contribution is 2.24. The van der Waals surface area contributed by atoms with Gasteiger partial charge in [0.15, 0.2) is 5.96 Å². The van der Waals surface area contributed by atoms with Gasteiger partial charge in [0.2, 0.25) is 0 Å². The normalized spacial score (nSPS) is 12.5. The van der Waals surface area contributed by atoms with Crippen LogP contribution in [0.25, 0.3) is 0 Å². The van der Waals surface area contributed by atoms with Crippen molar-refractivity contribution in [3.63, 3.8) is 0 Å². The summed E-state index contributed by atoms with van der Waals surface area (Å²) in [5.41, 5.74) is 5.89. The molecule has 0 aromatic heterocycles. The maximum atomic E-state index is 12.0. The van der Waals surface area contributed by atoms with Gasteiger partial charge in [0.05, 0.1) is 0 Å². The van der Waals surface area contributed by atoms with E-state index in [4.69, 9.17) is 5.73 Å². The summed E-state index contributed by atoms with van der Waals surface area (Å²) in [5.74, 6) is -0.424. The zero-order valence-electron chi connectivity index (χ0n) is 12.2. The van der Waals surface area contributed by atoms with Gasteiger partial charge in [-0.05, 0) is 37.1 Å². The van der Waals surface area contributed by atoms with E-state index in [0.29, 0.717) is 5.69 Å². The topological polar surface area (TPSA) is 59.6 Å². The number of guanidine groups is 1. The third-order valence-corrected chi connectivity index (χ3v) is 2.51. The fourth-order valence-electron chi connectivity index (χ4n) is 1.56. The molecule has 0 saturated carbocycles. The maximum Gasteiger partial charge on any atom is 0.573 e. The Balaban J connectivity index is 0.00000529. The van der Waals surface area contributed by atoms with Gasteiger partial charge in [0, 0.05) is 18.7 Å². The molecule has 0 unspecified atom stereocenters. The summed E-state index contributed by atoms with van der Waals surface area (Å²) in [6, 6.07) is 4.78. The molecule has 138 valence electrons. The highest BCUT2D eigenvalue weighted by atomic mass is 127. The Morgan fingerprint density at radius 3 is 2.12 bits per heavy atom. The lowest BCUT2D eigenvalue weighted by Gasteiger charge is -2.10. The van der Waals surface area contributed by atoms with Crippen LogP contribution < -0.4 is 15.8 Å². The van der Waals surface area contributed by atoms with Crippen LogP contribution in [0, 0.1) is 0 Å². The first-order valence-corrected chi connectivity index (χ1v) is 6.55. The van der Waals surface area contributed by atoms with Crippen molar-refractivity contribution in [2.24, 2.45) is 10.7 Å². The Morgan fingerprint density at radius 2 is 1.62 bits per heavy atom. The number of unbranched alkanes of at least 4 members (excludes halogenated alkanes) is 1. The van der Waals surface area contributed by atoms with Gasteiger partial charge in [-0.3, -0.25) is 4.99 Å². The summed E-state index contributed by atoms with van der Waals surface area (Å²) in [7, 11) is 0. The number of nitrogens with two attached hydrogens (primary N) is 1. The number of rotatable bonds is 6. The van der Waals surface area contributed by atoms with E-state index in [0.717, 1.165) is 12.1 Å². The zero-order chi connectivity index (χ0) is 17.5. The number of nitrogens with one attached hydrogen (secondary N) is 1. The third kappa shape index (κ3) is 11.2. The van der Waals surface area contributed by atoms with Gasteiger partial charge in [0.1, 0.15) is 5.75 Å². The number of aliphatic imine (C=N–C) groups is 1. The Morgan fingerprint density at radius 1 is 1.04 bits per heavy atom. The molecule has 4 nitrogen and oxygen atoms in total.